The van der Waals surface area contributed by atoms with Crippen molar-refractivity contribution in [3.05, 3.63) is 24.3 Å². The lowest BCUT2D eigenvalue weighted by Gasteiger charge is -2.12. The van der Waals surface area contributed by atoms with Gasteiger partial charge in [-0.15, -0.1) is 0 Å². The molecule has 0 aliphatic carbocycles. The monoisotopic (exact) mass is 211 g/mol. The van der Waals surface area contributed by atoms with E-state index in [0.29, 0.717) is 0 Å². The number of carbonyl (C=O) groups is 3. The van der Waals surface area contributed by atoms with E-state index in [1.165, 1.54) is 13.8 Å². The van der Waals surface area contributed by atoms with Crippen LogP contribution in [-0.4, -0.2) is 28.8 Å². The van der Waals surface area contributed by atoms with Gasteiger partial charge in [0.25, 0.3) is 0 Å². The molecule has 0 aliphatic heterocycles. The van der Waals surface area contributed by atoms with Crippen LogP contribution in [0, 0.1) is 0 Å². The van der Waals surface area contributed by atoms with E-state index in [9.17, 15) is 14.4 Å². The summed E-state index contributed by atoms with van der Waals surface area (Å²) < 4.78 is 0. The van der Waals surface area contributed by atoms with Crippen molar-refractivity contribution in [2.45, 2.75) is 19.9 Å². The van der Waals surface area contributed by atoms with Gasteiger partial charge in [-0.1, -0.05) is 13.2 Å². The first-order chi connectivity index (χ1) is 6.77. The van der Waals surface area contributed by atoms with Crippen LogP contribution in [0.25, 0.3) is 0 Å². The van der Waals surface area contributed by atoms with Crippen LogP contribution >= 0.6 is 0 Å². The molecule has 1 atom stereocenters. The van der Waals surface area contributed by atoms with Crippen molar-refractivity contribution < 1.29 is 19.5 Å². The van der Waals surface area contributed by atoms with Gasteiger partial charge in [0.15, 0.2) is 11.8 Å². The van der Waals surface area contributed by atoms with Crippen LogP contribution in [0.2, 0.25) is 0 Å². The van der Waals surface area contributed by atoms with E-state index in [1.807, 2.05) is 5.32 Å². The predicted octanol–water partition coefficient (Wildman–Crippen LogP) is 0.277. The second-order valence-corrected chi connectivity index (χ2v) is 3.17. The molecule has 0 rings (SSSR count). The molecule has 82 valence electrons. The van der Waals surface area contributed by atoms with E-state index >= 15 is 0 Å². The standard InChI is InChI=1S/C10H13NO4/c1-5(2)8(12)7(10(14)15)11-9(13)6(3)4/h7H,1,3H2,2,4H3,(H,11,13)(H,14,15). The van der Waals surface area contributed by atoms with Crippen molar-refractivity contribution in [1.29, 1.82) is 0 Å². The second kappa shape index (κ2) is 5.09. The molecule has 5 nitrogen and oxygen atoms in total. The highest BCUT2D eigenvalue weighted by atomic mass is 16.4. The van der Waals surface area contributed by atoms with Gasteiger partial charge in [0.1, 0.15) is 0 Å². The molecule has 0 aromatic heterocycles. The number of amides is 1. The minimum Gasteiger partial charge on any atom is -0.479 e. The maximum atomic E-state index is 11.3. The number of hydrogen-bond acceptors (Lipinski definition) is 3. The van der Waals surface area contributed by atoms with E-state index in [1.54, 1.807) is 0 Å². The molecule has 1 unspecified atom stereocenters. The maximum Gasteiger partial charge on any atom is 0.334 e. The molecule has 0 heterocycles. The Labute approximate surface area is 87.5 Å². The molecular weight excluding hydrogens is 198 g/mol. The Kier molecular flexibility index (Phi) is 4.44. The summed E-state index contributed by atoms with van der Waals surface area (Å²) in [7, 11) is 0. The lowest BCUT2D eigenvalue weighted by atomic mass is 10.1. The molecule has 15 heavy (non-hydrogen) atoms. The third-order valence-electron chi connectivity index (χ3n) is 1.59. The molecule has 0 aliphatic rings. The Morgan fingerprint density at radius 3 is 1.87 bits per heavy atom. The van der Waals surface area contributed by atoms with Crippen molar-refractivity contribution >= 4 is 17.7 Å². The predicted molar refractivity (Wildman–Crippen MR) is 54.2 cm³/mol. The number of Topliss-reactive ketones (excluding diaryl/α,β-unsaturated/α-hetero) is 1. The Hall–Kier alpha value is -1.91. The van der Waals surface area contributed by atoms with Gasteiger partial charge in [0.2, 0.25) is 5.91 Å². The maximum absolute atomic E-state index is 11.3. The molecule has 0 fully saturated rings. The quantitative estimate of drug-likeness (QED) is 0.505. The summed E-state index contributed by atoms with van der Waals surface area (Å²) in [6, 6.07) is -1.59. The molecule has 2 N–H and O–H groups in total. The summed E-state index contributed by atoms with van der Waals surface area (Å²) in [6.45, 7) is 9.45. The Morgan fingerprint density at radius 2 is 1.60 bits per heavy atom. The van der Waals surface area contributed by atoms with Gasteiger partial charge in [-0.25, -0.2) is 4.79 Å². The summed E-state index contributed by atoms with van der Waals surface area (Å²) in [4.78, 5) is 33.1. The molecule has 0 aromatic rings. The number of nitrogens with one attached hydrogen (secondary N) is 1. The van der Waals surface area contributed by atoms with Crippen LogP contribution in [0.15, 0.2) is 24.3 Å². The summed E-state index contributed by atoms with van der Waals surface area (Å²) in [5, 5.41) is 10.8. The highest BCUT2D eigenvalue weighted by molar-refractivity contribution is 6.13. The number of ketones is 1. The zero-order valence-corrected chi connectivity index (χ0v) is 8.66. The van der Waals surface area contributed by atoms with Crippen LogP contribution in [0.1, 0.15) is 13.8 Å². The van der Waals surface area contributed by atoms with E-state index in [-0.39, 0.29) is 11.1 Å². The molecule has 0 spiro atoms. The molecule has 0 bridgehead atoms. The third kappa shape index (κ3) is 3.76. The van der Waals surface area contributed by atoms with Crippen molar-refractivity contribution in [3.63, 3.8) is 0 Å². The summed E-state index contributed by atoms with van der Waals surface area (Å²) >= 11 is 0. The molecule has 0 saturated carbocycles. The summed E-state index contributed by atoms with van der Waals surface area (Å²) in [6.07, 6.45) is 0. The molecule has 0 saturated heterocycles. The van der Waals surface area contributed by atoms with Gasteiger partial charge in [-0.2, -0.15) is 0 Å². The van der Waals surface area contributed by atoms with Crippen molar-refractivity contribution in [2.75, 3.05) is 0 Å². The third-order valence-corrected chi connectivity index (χ3v) is 1.59. The van der Waals surface area contributed by atoms with Crippen LogP contribution in [0.4, 0.5) is 0 Å². The number of rotatable bonds is 5. The molecule has 0 aromatic carbocycles. The van der Waals surface area contributed by atoms with Gasteiger partial charge in [0, 0.05) is 5.57 Å². The fraction of sp³-hybridized carbons (Fsp3) is 0.300. The topological polar surface area (TPSA) is 83.5 Å². The van der Waals surface area contributed by atoms with Crippen LogP contribution in [-0.2, 0) is 14.4 Å². The van der Waals surface area contributed by atoms with Gasteiger partial charge in [0.05, 0.1) is 0 Å². The minimum absolute atomic E-state index is 0.0735. The van der Waals surface area contributed by atoms with E-state index < -0.39 is 23.7 Å². The molecule has 1 amide bonds. The van der Waals surface area contributed by atoms with E-state index in [4.69, 9.17) is 5.11 Å². The first-order valence-corrected chi connectivity index (χ1v) is 4.16. The zero-order chi connectivity index (χ0) is 12.2. The lowest BCUT2D eigenvalue weighted by molar-refractivity contribution is -0.144. The molecule has 5 heteroatoms. The number of carboxylic acids is 1. The smallest absolute Gasteiger partial charge is 0.334 e. The fourth-order valence-corrected chi connectivity index (χ4v) is 0.740. The van der Waals surface area contributed by atoms with Crippen LogP contribution in [0.3, 0.4) is 0 Å². The van der Waals surface area contributed by atoms with Crippen molar-refractivity contribution in [1.82, 2.24) is 5.32 Å². The van der Waals surface area contributed by atoms with Gasteiger partial charge in [-0.05, 0) is 19.4 Å². The number of carboxylic acid groups (broad SMARTS) is 1. The van der Waals surface area contributed by atoms with Crippen molar-refractivity contribution in [2.24, 2.45) is 0 Å². The van der Waals surface area contributed by atoms with Crippen LogP contribution < -0.4 is 5.32 Å². The largest absolute Gasteiger partial charge is 0.479 e. The highest BCUT2D eigenvalue weighted by Gasteiger charge is 2.28. The average Bonchev–Trinajstić information content (AvgIpc) is 2.11. The van der Waals surface area contributed by atoms with Gasteiger partial charge >= 0.3 is 5.97 Å². The molecular formula is C10H13NO4. The summed E-state index contributed by atoms with van der Waals surface area (Å²) in [5.41, 5.74) is 0.209. The fourth-order valence-electron chi connectivity index (χ4n) is 0.740. The van der Waals surface area contributed by atoms with Gasteiger partial charge in [-0.3, -0.25) is 9.59 Å². The van der Waals surface area contributed by atoms with E-state index in [0.717, 1.165) is 0 Å². The number of carbonyl (C=O) groups excluding carboxylic acids is 2. The Balaban J connectivity index is 4.78. The molecule has 0 radical (unpaired) electrons. The zero-order valence-electron chi connectivity index (χ0n) is 8.66. The highest BCUT2D eigenvalue weighted by Crippen LogP contribution is 1.99. The van der Waals surface area contributed by atoms with Gasteiger partial charge < -0.3 is 10.4 Å². The normalized spacial score (nSPS) is 11.3. The number of aliphatic carboxylic acids is 1. The lowest BCUT2D eigenvalue weighted by Crippen LogP contribution is -2.46. The first kappa shape index (κ1) is 13.1. The van der Waals surface area contributed by atoms with Crippen LogP contribution in [0.5, 0.6) is 0 Å². The summed E-state index contributed by atoms with van der Waals surface area (Å²) in [5.74, 6) is -2.81. The Morgan fingerprint density at radius 1 is 1.13 bits per heavy atom. The van der Waals surface area contributed by atoms with E-state index in [2.05, 4.69) is 13.2 Å². The average molecular weight is 211 g/mol. The second-order valence-electron chi connectivity index (χ2n) is 3.17. The Bertz CT molecular complexity index is 343. The minimum atomic E-state index is -1.59. The number of hydrogen-bond donors (Lipinski definition) is 2. The first-order valence-electron chi connectivity index (χ1n) is 4.16. The SMILES string of the molecule is C=C(C)C(=O)NC(C(=O)O)C(=O)C(=C)C. The van der Waals surface area contributed by atoms with Crippen molar-refractivity contribution in [3.8, 4) is 0 Å².